The van der Waals surface area contributed by atoms with Crippen LogP contribution in [0.2, 0.25) is 0 Å². The van der Waals surface area contributed by atoms with Crippen molar-refractivity contribution in [1.82, 2.24) is 0 Å². The Labute approximate surface area is 134 Å². The van der Waals surface area contributed by atoms with Crippen LogP contribution < -0.4 is 0 Å². The van der Waals surface area contributed by atoms with Crippen LogP contribution in [0.1, 0.15) is 11.1 Å². The molecule has 2 rings (SSSR count). The van der Waals surface area contributed by atoms with E-state index in [1.54, 1.807) is 0 Å². The molecule has 1 atom stereocenters. The summed E-state index contributed by atoms with van der Waals surface area (Å²) in [5, 5.41) is 0. The summed E-state index contributed by atoms with van der Waals surface area (Å²) in [7, 11) is 0. The molecule has 0 aliphatic rings. The van der Waals surface area contributed by atoms with E-state index in [4.69, 9.17) is 16.3 Å². The Morgan fingerprint density at radius 3 is 2.40 bits per heavy atom. The molecule has 1 unspecified atom stereocenters. The molecule has 3 heteroatoms. The van der Waals surface area contributed by atoms with Crippen LogP contribution in [-0.4, -0.2) is 12.5 Å². The van der Waals surface area contributed by atoms with E-state index in [0.29, 0.717) is 25.0 Å². The maximum Gasteiger partial charge on any atom is 0.0717 e. The molecule has 0 saturated carbocycles. The number of hydrogen-bond acceptors (Lipinski definition) is 1. The molecule has 1 nitrogen and oxygen atoms in total. The Kier molecular flexibility index (Phi) is 6.58. The molecule has 20 heavy (non-hydrogen) atoms. The van der Waals surface area contributed by atoms with Gasteiger partial charge < -0.3 is 4.74 Å². The molecule has 0 radical (unpaired) electrons. The second kappa shape index (κ2) is 8.46. The van der Waals surface area contributed by atoms with Crippen LogP contribution in [0.3, 0.4) is 0 Å². The van der Waals surface area contributed by atoms with Gasteiger partial charge in [0, 0.05) is 10.4 Å². The van der Waals surface area contributed by atoms with E-state index >= 15 is 0 Å². The molecule has 0 heterocycles. The maximum absolute atomic E-state index is 6.06. The molecule has 0 fully saturated rings. The highest BCUT2D eigenvalue weighted by atomic mass is 79.9. The molecule has 0 amide bonds. The lowest BCUT2D eigenvalue weighted by Gasteiger charge is -2.15. The molecule has 2 aromatic carbocycles. The van der Waals surface area contributed by atoms with Gasteiger partial charge in [0.25, 0.3) is 0 Å². The van der Waals surface area contributed by atoms with Crippen molar-refractivity contribution < 1.29 is 4.74 Å². The van der Waals surface area contributed by atoms with Crippen molar-refractivity contribution in [3.63, 3.8) is 0 Å². The second-order valence-corrected chi connectivity index (χ2v) is 5.98. The fourth-order valence-electron chi connectivity index (χ4n) is 2.05. The summed E-state index contributed by atoms with van der Waals surface area (Å²) < 4.78 is 6.92. The number of benzene rings is 2. The summed E-state index contributed by atoms with van der Waals surface area (Å²) in [6.45, 7) is 1.32. The zero-order valence-corrected chi connectivity index (χ0v) is 13.6. The van der Waals surface area contributed by atoms with Crippen molar-refractivity contribution in [3.8, 4) is 0 Å². The van der Waals surface area contributed by atoms with Gasteiger partial charge in [0.15, 0.2) is 0 Å². The Balaban J connectivity index is 1.82. The normalized spacial score (nSPS) is 12.3. The van der Waals surface area contributed by atoms with Gasteiger partial charge in [-0.1, -0.05) is 64.5 Å². The smallest absolute Gasteiger partial charge is 0.0717 e. The third-order valence-electron chi connectivity index (χ3n) is 3.15. The molecule has 0 aromatic heterocycles. The molecule has 0 spiro atoms. The number of halogens is 2. The van der Waals surface area contributed by atoms with Gasteiger partial charge in [-0.2, -0.15) is 0 Å². The number of ether oxygens (including phenoxy) is 1. The zero-order chi connectivity index (χ0) is 14.2. The minimum atomic E-state index is 0.332. The average Bonchev–Trinajstić information content (AvgIpc) is 2.49. The summed E-state index contributed by atoms with van der Waals surface area (Å²) in [6.07, 6.45) is 0.930. The summed E-state index contributed by atoms with van der Waals surface area (Å²) >= 11 is 9.63. The first kappa shape index (κ1) is 15.6. The molecule has 0 bridgehead atoms. The van der Waals surface area contributed by atoms with Gasteiger partial charge in [-0.05, 0) is 29.5 Å². The van der Waals surface area contributed by atoms with Crippen LogP contribution in [0.15, 0.2) is 59.1 Å². The number of alkyl halides is 1. The van der Waals surface area contributed by atoms with E-state index in [-0.39, 0.29) is 0 Å². The Morgan fingerprint density at radius 2 is 1.70 bits per heavy atom. The summed E-state index contributed by atoms with van der Waals surface area (Å²) in [5.74, 6) is 0.940. The standard InChI is InChI=1S/C17H18BrClO/c18-17-9-5-4-8-16(17)10-15(11-19)13-20-12-14-6-2-1-3-7-14/h1-9,15H,10-13H2. The zero-order valence-electron chi connectivity index (χ0n) is 11.3. The third kappa shape index (κ3) is 4.93. The van der Waals surface area contributed by atoms with Crippen molar-refractivity contribution in [2.45, 2.75) is 13.0 Å². The van der Waals surface area contributed by atoms with Gasteiger partial charge in [-0.25, -0.2) is 0 Å². The lowest BCUT2D eigenvalue weighted by atomic mass is 10.0. The van der Waals surface area contributed by atoms with E-state index in [1.807, 2.05) is 24.3 Å². The average molecular weight is 354 g/mol. The van der Waals surface area contributed by atoms with Crippen LogP contribution >= 0.6 is 27.5 Å². The van der Waals surface area contributed by atoms with Gasteiger partial charge in [0.2, 0.25) is 0 Å². The molecule has 0 N–H and O–H groups in total. The van der Waals surface area contributed by atoms with E-state index in [0.717, 1.165) is 10.9 Å². The highest BCUT2D eigenvalue weighted by Crippen LogP contribution is 2.20. The molecular weight excluding hydrogens is 336 g/mol. The molecule has 0 aliphatic heterocycles. The van der Waals surface area contributed by atoms with Crippen LogP contribution in [0.5, 0.6) is 0 Å². The van der Waals surface area contributed by atoms with Crippen molar-refractivity contribution in [2.24, 2.45) is 5.92 Å². The minimum Gasteiger partial charge on any atom is -0.376 e. The predicted octanol–water partition coefficient (Wildman–Crippen LogP) is 5.06. The molecule has 0 aliphatic carbocycles. The molecule has 106 valence electrons. The van der Waals surface area contributed by atoms with Gasteiger partial charge in [-0.15, -0.1) is 11.6 Å². The van der Waals surface area contributed by atoms with Gasteiger partial charge in [-0.3, -0.25) is 0 Å². The van der Waals surface area contributed by atoms with Crippen LogP contribution in [-0.2, 0) is 17.8 Å². The molecular formula is C17H18BrClO. The van der Waals surface area contributed by atoms with Gasteiger partial charge in [0.1, 0.15) is 0 Å². The fraction of sp³-hybridized carbons (Fsp3) is 0.294. The quantitative estimate of drug-likeness (QED) is 0.632. The molecule has 2 aromatic rings. The van der Waals surface area contributed by atoms with Crippen LogP contribution in [0.4, 0.5) is 0 Å². The van der Waals surface area contributed by atoms with E-state index in [1.165, 1.54) is 11.1 Å². The summed E-state index contributed by atoms with van der Waals surface area (Å²) in [6, 6.07) is 18.5. The van der Waals surface area contributed by atoms with Crippen molar-refractivity contribution >= 4 is 27.5 Å². The first-order valence-corrected chi connectivity index (χ1v) is 8.03. The first-order valence-electron chi connectivity index (χ1n) is 6.70. The van der Waals surface area contributed by atoms with E-state index in [2.05, 4.69) is 46.3 Å². The highest BCUT2D eigenvalue weighted by Gasteiger charge is 2.11. The van der Waals surface area contributed by atoms with Crippen LogP contribution in [0.25, 0.3) is 0 Å². The predicted molar refractivity (Wildman–Crippen MR) is 88.2 cm³/mol. The lowest BCUT2D eigenvalue weighted by molar-refractivity contribution is 0.0930. The van der Waals surface area contributed by atoms with E-state index in [9.17, 15) is 0 Å². The Bertz CT molecular complexity index is 515. The highest BCUT2D eigenvalue weighted by molar-refractivity contribution is 9.10. The first-order chi connectivity index (χ1) is 9.79. The molecule has 0 saturated heterocycles. The second-order valence-electron chi connectivity index (χ2n) is 4.82. The number of hydrogen-bond donors (Lipinski definition) is 0. The van der Waals surface area contributed by atoms with Crippen molar-refractivity contribution in [1.29, 1.82) is 0 Å². The largest absolute Gasteiger partial charge is 0.376 e. The summed E-state index contributed by atoms with van der Waals surface area (Å²) in [4.78, 5) is 0. The van der Waals surface area contributed by atoms with Crippen molar-refractivity contribution in [2.75, 3.05) is 12.5 Å². The van der Waals surface area contributed by atoms with E-state index < -0.39 is 0 Å². The van der Waals surface area contributed by atoms with Crippen LogP contribution in [0, 0.1) is 5.92 Å². The summed E-state index contributed by atoms with van der Waals surface area (Å²) in [5.41, 5.74) is 2.48. The maximum atomic E-state index is 6.06. The van der Waals surface area contributed by atoms with Gasteiger partial charge in [0.05, 0.1) is 13.2 Å². The SMILES string of the molecule is ClCC(COCc1ccccc1)Cc1ccccc1Br. The van der Waals surface area contributed by atoms with Gasteiger partial charge >= 0.3 is 0 Å². The Morgan fingerprint density at radius 1 is 1.00 bits per heavy atom. The fourth-order valence-corrected chi connectivity index (χ4v) is 2.70. The third-order valence-corrected chi connectivity index (χ3v) is 4.36. The van der Waals surface area contributed by atoms with Crippen molar-refractivity contribution in [3.05, 3.63) is 70.2 Å². The number of rotatable bonds is 7. The minimum absolute atomic E-state index is 0.332. The lowest BCUT2D eigenvalue weighted by Crippen LogP contribution is -2.14. The Hall–Kier alpha value is -0.830. The monoisotopic (exact) mass is 352 g/mol. The topological polar surface area (TPSA) is 9.23 Å².